The lowest BCUT2D eigenvalue weighted by Gasteiger charge is -2.25. The SMILES string of the molecule is Cc1ccc(S(=O)(=O)N(CC(=O)N/N=C\c2cc(C)n(-c3ccccc3Br)c2C)c2ccccc2C)cc1. The number of nitrogens with zero attached hydrogens (tertiary/aromatic N) is 3. The number of sulfonamides is 1. The number of halogens is 1. The Balaban J connectivity index is 1.57. The number of rotatable bonds is 8. The smallest absolute Gasteiger partial charge is 0.264 e. The van der Waals surface area contributed by atoms with Crippen LogP contribution < -0.4 is 9.73 Å². The van der Waals surface area contributed by atoms with Gasteiger partial charge < -0.3 is 4.57 Å². The molecule has 0 spiro atoms. The van der Waals surface area contributed by atoms with Gasteiger partial charge in [0, 0.05) is 21.4 Å². The summed E-state index contributed by atoms with van der Waals surface area (Å²) >= 11 is 3.60. The average Bonchev–Trinajstić information content (AvgIpc) is 3.16. The molecule has 0 radical (unpaired) electrons. The maximum Gasteiger partial charge on any atom is 0.264 e. The maximum absolute atomic E-state index is 13.6. The van der Waals surface area contributed by atoms with E-state index in [4.69, 9.17) is 0 Å². The Kier molecular flexibility index (Phi) is 8.18. The van der Waals surface area contributed by atoms with Crippen LogP contribution >= 0.6 is 15.9 Å². The van der Waals surface area contributed by atoms with Crippen LogP contribution in [0.5, 0.6) is 0 Å². The van der Waals surface area contributed by atoms with Gasteiger partial charge in [-0.15, -0.1) is 0 Å². The molecule has 3 aromatic carbocycles. The molecule has 4 aromatic rings. The second-order valence-electron chi connectivity index (χ2n) is 9.02. The second-order valence-corrected chi connectivity index (χ2v) is 11.7. The lowest BCUT2D eigenvalue weighted by Crippen LogP contribution is -2.40. The van der Waals surface area contributed by atoms with Crippen molar-refractivity contribution in [1.29, 1.82) is 0 Å². The van der Waals surface area contributed by atoms with Crippen LogP contribution in [-0.2, 0) is 14.8 Å². The van der Waals surface area contributed by atoms with Gasteiger partial charge in [-0.25, -0.2) is 13.8 Å². The van der Waals surface area contributed by atoms with Crippen LogP contribution in [-0.4, -0.2) is 31.7 Å². The topological polar surface area (TPSA) is 83.8 Å². The largest absolute Gasteiger partial charge is 0.317 e. The number of carbonyl (C=O) groups is 1. The fourth-order valence-corrected chi connectivity index (χ4v) is 6.19. The summed E-state index contributed by atoms with van der Waals surface area (Å²) in [4.78, 5) is 13.1. The molecule has 9 heteroatoms. The van der Waals surface area contributed by atoms with E-state index in [1.807, 2.05) is 70.2 Å². The van der Waals surface area contributed by atoms with Crippen LogP contribution in [0.2, 0.25) is 0 Å². The van der Waals surface area contributed by atoms with Gasteiger partial charge in [-0.1, -0.05) is 48.0 Å². The Bertz CT molecular complexity index is 1610. The third-order valence-corrected chi connectivity index (χ3v) is 8.68. The molecule has 1 N–H and O–H groups in total. The van der Waals surface area contributed by atoms with Gasteiger partial charge >= 0.3 is 0 Å². The zero-order valence-corrected chi connectivity index (χ0v) is 24.0. The summed E-state index contributed by atoms with van der Waals surface area (Å²) in [7, 11) is -4.00. The molecule has 1 amide bonds. The Morgan fingerprint density at radius 3 is 2.32 bits per heavy atom. The molecule has 1 heterocycles. The van der Waals surface area contributed by atoms with E-state index < -0.39 is 22.5 Å². The lowest BCUT2D eigenvalue weighted by molar-refractivity contribution is -0.119. The average molecular weight is 594 g/mol. The van der Waals surface area contributed by atoms with Gasteiger partial charge in [0.2, 0.25) is 0 Å². The third-order valence-electron chi connectivity index (χ3n) is 6.24. The number of hydrazone groups is 1. The Labute approximate surface area is 232 Å². The zero-order valence-electron chi connectivity index (χ0n) is 21.6. The summed E-state index contributed by atoms with van der Waals surface area (Å²) < 4.78 is 31.3. The molecule has 0 aliphatic rings. The molecule has 0 fully saturated rings. The van der Waals surface area contributed by atoms with Crippen molar-refractivity contribution < 1.29 is 13.2 Å². The van der Waals surface area contributed by atoms with E-state index in [1.165, 1.54) is 0 Å². The first-order chi connectivity index (χ1) is 18.1. The predicted molar refractivity (Wildman–Crippen MR) is 156 cm³/mol. The van der Waals surface area contributed by atoms with Crippen molar-refractivity contribution in [3.8, 4) is 5.69 Å². The van der Waals surface area contributed by atoms with Gasteiger partial charge in [-0.2, -0.15) is 5.10 Å². The van der Waals surface area contributed by atoms with Crippen LogP contribution in [0, 0.1) is 27.7 Å². The van der Waals surface area contributed by atoms with Crippen molar-refractivity contribution in [3.05, 3.63) is 111 Å². The minimum absolute atomic E-state index is 0.113. The molecule has 1 aromatic heterocycles. The third kappa shape index (κ3) is 5.74. The van der Waals surface area contributed by atoms with E-state index in [-0.39, 0.29) is 4.90 Å². The number of hydrogen-bond donors (Lipinski definition) is 1. The van der Waals surface area contributed by atoms with E-state index in [0.29, 0.717) is 5.69 Å². The van der Waals surface area contributed by atoms with Crippen molar-refractivity contribution in [1.82, 2.24) is 9.99 Å². The quantitative estimate of drug-likeness (QED) is 0.207. The summed E-state index contributed by atoms with van der Waals surface area (Å²) in [5.41, 5.74) is 8.41. The van der Waals surface area contributed by atoms with Gasteiger partial charge in [-0.3, -0.25) is 9.10 Å². The molecule has 38 heavy (non-hydrogen) atoms. The summed E-state index contributed by atoms with van der Waals surface area (Å²) in [5.74, 6) is -0.556. The highest BCUT2D eigenvalue weighted by Gasteiger charge is 2.28. The summed E-state index contributed by atoms with van der Waals surface area (Å²) in [5, 5.41) is 4.14. The first kappa shape index (κ1) is 27.3. The molecule has 0 unspecified atom stereocenters. The van der Waals surface area contributed by atoms with Crippen molar-refractivity contribution in [2.75, 3.05) is 10.8 Å². The number of hydrogen-bond acceptors (Lipinski definition) is 4. The Hall–Kier alpha value is -3.69. The summed E-state index contributed by atoms with van der Waals surface area (Å²) in [6.45, 7) is 7.25. The number of carbonyl (C=O) groups excluding carboxylic acids is 1. The van der Waals surface area contributed by atoms with E-state index in [1.54, 1.807) is 42.6 Å². The van der Waals surface area contributed by atoms with Crippen LogP contribution in [0.1, 0.15) is 28.1 Å². The second kappa shape index (κ2) is 11.4. The van der Waals surface area contributed by atoms with Gasteiger partial charge in [-0.05, 0) is 85.6 Å². The highest BCUT2D eigenvalue weighted by Crippen LogP contribution is 2.27. The van der Waals surface area contributed by atoms with E-state index in [9.17, 15) is 13.2 Å². The Morgan fingerprint density at radius 2 is 1.63 bits per heavy atom. The van der Waals surface area contributed by atoms with Gasteiger partial charge in [0.25, 0.3) is 15.9 Å². The standard InChI is InChI=1S/C29H29BrN4O3S/c1-20-13-15-25(16-14-20)38(36,37)33(27-11-7-5-9-21(27)2)19-29(35)32-31-18-24-17-22(3)34(23(24)4)28-12-8-6-10-26(28)30/h5-18H,19H2,1-4H3,(H,32,35)/b31-18-. The van der Waals surface area contributed by atoms with E-state index in [0.717, 1.165) is 42.5 Å². The summed E-state index contributed by atoms with van der Waals surface area (Å²) in [6.07, 6.45) is 1.57. The highest BCUT2D eigenvalue weighted by atomic mass is 79.9. The maximum atomic E-state index is 13.6. The van der Waals surface area contributed by atoms with Crippen LogP contribution in [0.15, 0.2) is 93.3 Å². The van der Waals surface area contributed by atoms with Crippen molar-refractivity contribution in [3.63, 3.8) is 0 Å². The fourth-order valence-electron chi connectivity index (χ4n) is 4.24. The normalized spacial score (nSPS) is 11.6. The number of amides is 1. The van der Waals surface area contributed by atoms with Crippen LogP contribution in [0.4, 0.5) is 5.69 Å². The first-order valence-corrected chi connectivity index (χ1v) is 14.2. The molecule has 0 bridgehead atoms. The van der Waals surface area contributed by atoms with Crippen LogP contribution in [0.3, 0.4) is 0 Å². The number of aryl methyl sites for hydroxylation is 3. The predicted octanol–water partition coefficient (Wildman–Crippen LogP) is 5.82. The minimum atomic E-state index is -4.00. The Morgan fingerprint density at radius 1 is 0.974 bits per heavy atom. The van der Waals surface area contributed by atoms with E-state index >= 15 is 0 Å². The van der Waals surface area contributed by atoms with Crippen LogP contribution in [0.25, 0.3) is 5.69 Å². The molecule has 196 valence electrons. The highest BCUT2D eigenvalue weighted by molar-refractivity contribution is 9.10. The van der Waals surface area contributed by atoms with Crippen molar-refractivity contribution in [2.45, 2.75) is 32.6 Å². The monoisotopic (exact) mass is 592 g/mol. The molecule has 0 aliphatic heterocycles. The number of para-hydroxylation sites is 2. The number of aromatic nitrogens is 1. The van der Waals surface area contributed by atoms with Crippen molar-refractivity contribution in [2.24, 2.45) is 5.10 Å². The molecule has 4 rings (SSSR count). The minimum Gasteiger partial charge on any atom is -0.317 e. The van der Waals surface area contributed by atoms with Gasteiger partial charge in [0.15, 0.2) is 0 Å². The fraction of sp³-hybridized carbons (Fsp3) is 0.172. The molecule has 0 saturated carbocycles. The molecular formula is C29H29BrN4O3S. The summed E-state index contributed by atoms with van der Waals surface area (Å²) in [6, 6.07) is 23.5. The number of nitrogens with one attached hydrogen (secondary N) is 1. The van der Waals surface area contributed by atoms with Crippen molar-refractivity contribution >= 4 is 43.8 Å². The van der Waals surface area contributed by atoms with Gasteiger partial charge in [0.05, 0.1) is 22.5 Å². The number of anilines is 1. The molecule has 0 aliphatic carbocycles. The zero-order chi connectivity index (χ0) is 27.4. The first-order valence-electron chi connectivity index (χ1n) is 12.0. The number of benzene rings is 3. The van der Waals surface area contributed by atoms with E-state index in [2.05, 4.69) is 31.0 Å². The molecule has 7 nitrogen and oxygen atoms in total. The lowest BCUT2D eigenvalue weighted by atomic mass is 10.2. The van der Waals surface area contributed by atoms with Gasteiger partial charge in [0.1, 0.15) is 6.54 Å². The molecule has 0 atom stereocenters. The molecule has 0 saturated heterocycles. The molecular weight excluding hydrogens is 564 g/mol.